The summed E-state index contributed by atoms with van der Waals surface area (Å²) in [6, 6.07) is 1.71. The summed E-state index contributed by atoms with van der Waals surface area (Å²) < 4.78 is 1.67. The molecule has 1 aliphatic rings. The highest BCUT2D eigenvalue weighted by atomic mass is 35.5. The van der Waals surface area contributed by atoms with Crippen LogP contribution in [0.15, 0.2) is 12.3 Å². The summed E-state index contributed by atoms with van der Waals surface area (Å²) in [4.78, 5) is 35.7. The van der Waals surface area contributed by atoms with E-state index in [-0.39, 0.29) is 24.0 Å². The predicted octanol–water partition coefficient (Wildman–Crippen LogP) is 3.32. The molecule has 0 spiro atoms. The third-order valence-corrected chi connectivity index (χ3v) is 6.36. The van der Waals surface area contributed by atoms with Crippen molar-refractivity contribution in [1.29, 1.82) is 0 Å². The highest BCUT2D eigenvalue weighted by molar-refractivity contribution is 6.30. The number of ketones is 1. The number of hydrogen-bond acceptors (Lipinski definition) is 6. The molecular formula is C22H31ClN6O2. The number of piperidine rings is 1. The minimum Gasteiger partial charge on any atom is -0.383 e. The van der Waals surface area contributed by atoms with Gasteiger partial charge in [0, 0.05) is 43.7 Å². The van der Waals surface area contributed by atoms with Gasteiger partial charge in [0.1, 0.15) is 22.5 Å². The second-order valence-electron chi connectivity index (χ2n) is 8.29. The number of halogens is 1. The van der Waals surface area contributed by atoms with E-state index >= 15 is 0 Å². The molecule has 1 saturated heterocycles. The molecule has 2 aromatic heterocycles. The number of aryl methyl sites for hydroxylation is 2. The highest BCUT2D eigenvalue weighted by Crippen LogP contribution is 2.27. The van der Waals surface area contributed by atoms with Crippen LogP contribution < -0.4 is 5.73 Å². The van der Waals surface area contributed by atoms with Gasteiger partial charge in [0.05, 0.1) is 0 Å². The quantitative estimate of drug-likeness (QED) is 0.492. The van der Waals surface area contributed by atoms with E-state index < -0.39 is 0 Å². The minimum atomic E-state index is -0.340. The monoisotopic (exact) mass is 446 g/mol. The average Bonchev–Trinajstić information content (AvgIpc) is 3.22. The van der Waals surface area contributed by atoms with Crippen LogP contribution in [-0.2, 0) is 17.8 Å². The lowest BCUT2D eigenvalue weighted by atomic mass is 9.90. The van der Waals surface area contributed by atoms with Crippen LogP contribution in [0.5, 0.6) is 0 Å². The van der Waals surface area contributed by atoms with Crippen LogP contribution in [0.25, 0.3) is 0 Å². The lowest BCUT2D eigenvalue weighted by molar-refractivity contribution is -0.136. The van der Waals surface area contributed by atoms with Gasteiger partial charge in [0.2, 0.25) is 5.91 Å². The summed E-state index contributed by atoms with van der Waals surface area (Å²) in [5, 5.41) is 4.57. The summed E-state index contributed by atoms with van der Waals surface area (Å²) in [6.07, 6.45) is 5.36. The lowest BCUT2D eigenvalue weighted by Gasteiger charge is -2.33. The van der Waals surface area contributed by atoms with Crippen molar-refractivity contribution in [2.75, 3.05) is 18.8 Å². The fourth-order valence-corrected chi connectivity index (χ4v) is 4.52. The molecule has 2 N–H and O–H groups in total. The number of likely N-dealkylation sites (tertiary alicyclic amines) is 1. The Hall–Kier alpha value is -2.48. The number of carbonyl (C=O) groups excluding carboxylic acids is 2. The molecule has 0 bridgehead atoms. The fraction of sp³-hybridized carbons (Fsp3) is 0.591. The molecule has 0 radical (unpaired) electrons. The van der Waals surface area contributed by atoms with E-state index in [0.717, 1.165) is 31.2 Å². The van der Waals surface area contributed by atoms with Gasteiger partial charge in [0.25, 0.3) is 0 Å². The van der Waals surface area contributed by atoms with Crippen molar-refractivity contribution in [2.24, 2.45) is 11.8 Å². The number of amides is 1. The largest absolute Gasteiger partial charge is 0.383 e. The number of nitrogens with two attached hydrogens (primary N) is 1. The summed E-state index contributed by atoms with van der Waals surface area (Å²) in [7, 11) is 0. The van der Waals surface area contributed by atoms with E-state index in [1.807, 2.05) is 18.7 Å². The van der Waals surface area contributed by atoms with Gasteiger partial charge in [-0.2, -0.15) is 5.10 Å². The molecule has 3 heterocycles. The Balaban J connectivity index is 1.47. The first kappa shape index (κ1) is 23.2. The number of aromatic nitrogens is 4. The van der Waals surface area contributed by atoms with Crippen LogP contribution >= 0.6 is 11.6 Å². The van der Waals surface area contributed by atoms with Crippen LogP contribution in [0.2, 0.25) is 5.15 Å². The molecule has 168 valence electrons. The van der Waals surface area contributed by atoms with E-state index in [2.05, 4.69) is 15.1 Å². The molecule has 0 aromatic carbocycles. The minimum absolute atomic E-state index is 0.0372. The third kappa shape index (κ3) is 5.61. The zero-order chi connectivity index (χ0) is 22.5. The van der Waals surface area contributed by atoms with Gasteiger partial charge < -0.3 is 10.6 Å². The molecule has 0 unspecified atom stereocenters. The van der Waals surface area contributed by atoms with Crippen LogP contribution in [-0.4, -0.2) is 49.4 Å². The zero-order valence-electron chi connectivity index (χ0n) is 18.5. The second-order valence-corrected chi connectivity index (χ2v) is 8.65. The number of nitrogens with zero attached hydrogens (tertiary/aromatic N) is 5. The number of anilines is 1. The smallest absolute Gasteiger partial charge is 0.225 e. The Morgan fingerprint density at radius 3 is 2.65 bits per heavy atom. The van der Waals surface area contributed by atoms with Crippen molar-refractivity contribution >= 4 is 29.1 Å². The molecule has 0 saturated carbocycles. The van der Waals surface area contributed by atoms with Gasteiger partial charge in [-0.25, -0.2) is 9.97 Å². The Morgan fingerprint density at radius 2 is 2.00 bits per heavy atom. The predicted molar refractivity (Wildman–Crippen MR) is 120 cm³/mol. The van der Waals surface area contributed by atoms with Gasteiger partial charge in [-0.15, -0.1) is 0 Å². The Labute approximate surface area is 188 Å². The van der Waals surface area contributed by atoms with Gasteiger partial charge in [0.15, 0.2) is 5.78 Å². The second kappa shape index (κ2) is 10.2. The number of hydrogen-bond donors (Lipinski definition) is 1. The maximum atomic E-state index is 12.9. The molecular weight excluding hydrogens is 416 g/mol. The molecule has 1 fully saturated rings. The average molecular weight is 447 g/mol. The van der Waals surface area contributed by atoms with E-state index in [0.29, 0.717) is 48.0 Å². The van der Waals surface area contributed by atoms with Gasteiger partial charge in [-0.3, -0.25) is 14.3 Å². The molecule has 9 heteroatoms. The number of nitrogen functional groups attached to an aromatic ring is 1. The number of Topliss-reactive ketones (excluding diaryl/α,β-unsaturated/α-hetero) is 1. The van der Waals surface area contributed by atoms with Crippen molar-refractivity contribution in [3.8, 4) is 0 Å². The zero-order valence-corrected chi connectivity index (χ0v) is 19.2. The van der Waals surface area contributed by atoms with E-state index in [1.54, 1.807) is 23.9 Å². The summed E-state index contributed by atoms with van der Waals surface area (Å²) in [6.45, 7) is 7.60. The van der Waals surface area contributed by atoms with Crippen LogP contribution in [0.1, 0.15) is 61.4 Å². The first-order chi connectivity index (χ1) is 14.8. The molecule has 2 aromatic rings. The normalized spacial score (nSPS) is 15.8. The van der Waals surface area contributed by atoms with Crippen molar-refractivity contribution in [2.45, 2.75) is 59.4 Å². The maximum absolute atomic E-state index is 12.9. The summed E-state index contributed by atoms with van der Waals surface area (Å²) in [5.74, 6) is 1.19. The van der Waals surface area contributed by atoms with Crippen LogP contribution in [0, 0.1) is 18.8 Å². The van der Waals surface area contributed by atoms with Crippen LogP contribution in [0.3, 0.4) is 0 Å². The molecule has 0 aliphatic carbocycles. The van der Waals surface area contributed by atoms with Gasteiger partial charge in [-0.1, -0.05) is 18.5 Å². The fourth-order valence-electron chi connectivity index (χ4n) is 4.21. The van der Waals surface area contributed by atoms with Crippen molar-refractivity contribution in [3.63, 3.8) is 0 Å². The molecule has 1 aliphatic heterocycles. The SMILES string of the molecule is CCn1nccc1C(=O)C[C@@H](C)C(=O)N1CCC(CCc2c(N)nc(C)nc2Cl)CC1. The summed E-state index contributed by atoms with van der Waals surface area (Å²) in [5.41, 5.74) is 7.38. The van der Waals surface area contributed by atoms with Crippen molar-refractivity contribution < 1.29 is 9.59 Å². The highest BCUT2D eigenvalue weighted by Gasteiger charge is 2.28. The summed E-state index contributed by atoms with van der Waals surface area (Å²) >= 11 is 6.23. The molecule has 1 amide bonds. The van der Waals surface area contributed by atoms with E-state index in [4.69, 9.17) is 17.3 Å². The molecule has 3 rings (SSSR count). The maximum Gasteiger partial charge on any atom is 0.225 e. The van der Waals surface area contributed by atoms with E-state index in [9.17, 15) is 9.59 Å². The van der Waals surface area contributed by atoms with Gasteiger partial charge >= 0.3 is 0 Å². The molecule has 1 atom stereocenters. The third-order valence-electron chi connectivity index (χ3n) is 6.04. The standard InChI is InChI=1S/C22H31ClN6O2/c1-4-29-18(7-10-25-29)19(30)13-14(2)22(31)28-11-8-16(9-12-28)5-6-17-20(23)26-15(3)27-21(17)24/h7,10,14,16H,4-6,8-9,11-13H2,1-3H3,(H2,24,26,27)/t14-/m1/s1. The topological polar surface area (TPSA) is 107 Å². The lowest BCUT2D eigenvalue weighted by Crippen LogP contribution is -2.41. The van der Waals surface area contributed by atoms with Crippen molar-refractivity contribution in [1.82, 2.24) is 24.6 Å². The Morgan fingerprint density at radius 1 is 1.29 bits per heavy atom. The number of rotatable bonds is 8. The van der Waals surface area contributed by atoms with Crippen molar-refractivity contribution in [3.05, 3.63) is 34.5 Å². The number of carbonyl (C=O) groups is 2. The Bertz CT molecular complexity index is 913. The van der Waals surface area contributed by atoms with Gasteiger partial charge in [-0.05, 0) is 51.5 Å². The Kier molecular flexibility index (Phi) is 7.64. The first-order valence-corrected chi connectivity index (χ1v) is 11.3. The molecule has 31 heavy (non-hydrogen) atoms. The van der Waals surface area contributed by atoms with Crippen LogP contribution in [0.4, 0.5) is 5.82 Å². The molecule has 8 nitrogen and oxygen atoms in total. The first-order valence-electron chi connectivity index (χ1n) is 10.9. The van der Waals surface area contributed by atoms with E-state index in [1.165, 1.54) is 0 Å².